The molecule has 2 amide bonds. The van der Waals surface area contributed by atoms with Gasteiger partial charge >= 0.3 is 0 Å². The van der Waals surface area contributed by atoms with Gasteiger partial charge in [-0.25, -0.2) is 9.97 Å². The first kappa shape index (κ1) is 18.5. The van der Waals surface area contributed by atoms with Crippen LogP contribution in [0, 0.1) is 20.8 Å². The number of aromatic nitrogens is 2. The zero-order chi connectivity index (χ0) is 18.8. The zero-order valence-electron chi connectivity index (χ0n) is 14.5. The molecule has 8 heteroatoms. The molecule has 0 unspecified atom stereocenters. The topological polar surface area (TPSA) is 84.0 Å². The van der Waals surface area contributed by atoms with Crippen molar-refractivity contribution >= 4 is 55.0 Å². The van der Waals surface area contributed by atoms with Crippen molar-refractivity contribution in [2.24, 2.45) is 0 Å². The highest BCUT2D eigenvalue weighted by molar-refractivity contribution is 9.10. The number of carbonyl (C=O) groups excluding carboxylic acids is 2. The first-order valence-corrected chi connectivity index (χ1v) is 9.54. The number of amides is 2. The summed E-state index contributed by atoms with van der Waals surface area (Å²) in [5.74, 6) is 0.108. The van der Waals surface area contributed by atoms with Crippen LogP contribution in [0.4, 0.5) is 5.69 Å². The molecule has 0 radical (unpaired) electrons. The lowest BCUT2D eigenvalue weighted by Crippen LogP contribution is -2.32. The summed E-state index contributed by atoms with van der Waals surface area (Å²) in [6, 6.07) is 7.23. The molecule has 3 rings (SSSR count). The zero-order valence-corrected chi connectivity index (χ0v) is 16.9. The molecule has 0 saturated carbocycles. The fourth-order valence-corrected chi connectivity index (χ4v) is 4.13. The van der Waals surface area contributed by atoms with Crippen molar-refractivity contribution in [3.8, 4) is 0 Å². The van der Waals surface area contributed by atoms with Crippen molar-refractivity contribution in [1.29, 1.82) is 0 Å². The van der Waals surface area contributed by atoms with Crippen LogP contribution >= 0.6 is 27.3 Å². The maximum atomic E-state index is 12.5. The Labute approximate surface area is 163 Å². The SMILES string of the molecule is Cc1nc(C)c2c(C)c(C(=O)NCC(=O)Nc3ccc(Br)cc3)sc2n1. The Morgan fingerprint density at radius 1 is 1.12 bits per heavy atom. The lowest BCUT2D eigenvalue weighted by atomic mass is 10.1. The van der Waals surface area contributed by atoms with Crippen LogP contribution in [-0.2, 0) is 4.79 Å². The van der Waals surface area contributed by atoms with Gasteiger partial charge in [0.1, 0.15) is 10.7 Å². The minimum Gasteiger partial charge on any atom is -0.342 e. The summed E-state index contributed by atoms with van der Waals surface area (Å²) in [4.78, 5) is 34.6. The number of aryl methyl sites for hydroxylation is 3. The number of carbonyl (C=O) groups is 2. The maximum Gasteiger partial charge on any atom is 0.262 e. The van der Waals surface area contributed by atoms with Gasteiger partial charge in [0.2, 0.25) is 5.91 Å². The number of benzene rings is 1. The number of hydrogen-bond acceptors (Lipinski definition) is 5. The van der Waals surface area contributed by atoms with Gasteiger partial charge in [-0.15, -0.1) is 11.3 Å². The molecular formula is C18H17BrN4O2S. The quantitative estimate of drug-likeness (QED) is 0.657. The third kappa shape index (κ3) is 3.91. The molecule has 0 atom stereocenters. The van der Waals surface area contributed by atoms with Crippen molar-refractivity contribution in [2.75, 3.05) is 11.9 Å². The molecule has 0 aliphatic carbocycles. The van der Waals surface area contributed by atoms with E-state index in [2.05, 4.69) is 36.5 Å². The van der Waals surface area contributed by atoms with E-state index in [0.29, 0.717) is 16.4 Å². The number of halogens is 1. The molecule has 2 N–H and O–H groups in total. The van der Waals surface area contributed by atoms with E-state index in [1.165, 1.54) is 11.3 Å². The van der Waals surface area contributed by atoms with E-state index in [-0.39, 0.29) is 18.4 Å². The molecule has 3 aromatic rings. The Morgan fingerprint density at radius 2 is 1.81 bits per heavy atom. The van der Waals surface area contributed by atoms with Crippen molar-refractivity contribution in [3.05, 3.63) is 50.7 Å². The van der Waals surface area contributed by atoms with E-state index >= 15 is 0 Å². The van der Waals surface area contributed by atoms with Gasteiger partial charge in [-0.3, -0.25) is 9.59 Å². The van der Waals surface area contributed by atoms with Crippen molar-refractivity contribution in [1.82, 2.24) is 15.3 Å². The molecule has 0 bridgehead atoms. The Balaban J connectivity index is 1.69. The first-order valence-electron chi connectivity index (χ1n) is 7.93. The second-order valence-corrected chi connectivity index (χ2v) is 7.75. The average molecular weight is 433 g/mol. The van der Waals surface area contributed by atoms with Crippen molar-refractivity contribution < 1.29 is 9.59 Å². The van der Waals surface area contributed by atoms with Gasteiger partial charge in [0, 0.05) is 21.2 Å². The number of nitrogens with one attached hydrogen (secondary N) is 2. The Bertz CT molecular complexity index is 999. The highest BCUT2D eigenvalue weighted by atomic mass is 79.9. The summed E-state index contributed by atoms with van der Waals surface area (Å²) in [7, 11) is 0. The number of hydrogen-bond donors (Lipinski definition) is 2. The standard InChI is InChI=1S/C18H17BrN4O2S/c1-9-15-10(2)21-11(3)22-18(15)26-16(9)17(25)20-8-14(24)23-13-6-4-12(19)5-7-13/h4-7H,8H2,1-3H3,(H,20,25)(H,23,24). The second-order valence-electron chi connectivity index (χ2n) is 5.83. The van der Waals surface area contributed by atoms with Crippen LogP contribution in [0.1, 0.15) is 26.8 Å². The number of rotatable bonds is 4. The molecule has 2 aromatic heterocycles. The van der Waals surface area contributed by atoms with Crippen LogP contribution in [0.3, 0.4) is 0 Å². The molecule has 26 heavy (non-hydrogen) atoms. The lowest BCUT2D eigenvalue weighted by Gasteiger charge is -2.07. The largest absolute Gasteiger partial charge is 0.342 e. The summed E-state index contributed by atoms with van der Waals surface area (Å²) in [6.45, 7) is 5.51. The van der Waals surface area contributed by atoms with Crippen LogP contribution in [-0.4, -0.2) is 28.3 Å². The van der Waals surface area contributed by atoms with E-state index in [4.69, 9.17) is 0 Å². The van der Waals surface area contributed by atoms with E-state index < -0.39 is 0 Å². The molecule has 0 aliphatic heterocycles. The molecule has 0 spiro atoms. The molecular weight excluding hydrogens is 416 g/mol. The molecule has 6 nitrogen and oxygen atoms in total. The Morgan fingerprint density at radius 3 is 2.50 bits per heavy atom. The minimum atomic E-state index is -0.286. The number of nitrogens with zero attached hydrogens (tertiary/aromatic N) is 2. The molecule has 134 valence electrons. The highest BCUT2D eigenvalue weighted by Crippen LogP contribution is 2.31. The van der Waals surface area contributed by atoms with Crippen LogP contribution in [0.25, 0.3) is 10.2 Å². The van der Waals surface area contributed by atoms with Crippen LogP contribution in [0.2, 0.25) is 0 Å². The third-order valence-electron chi connectivity index (χ3n) is 3.83. The van der Waals surface area contributed by atoms with Crippen molar-refractivity contribution in [3.63, 3.8) is 0 Å². The summed E-state index contributed by atoms with van der Waals surface area (Å²) in [5.41, 5.74) is 2.37. The first-order chi connectivity index (χ1) is 12.3. The molecule has 2 heterocycles. The Kier molecular flexibility index (Phi) is 5.33. The number of thiophene rings is 1. The minimum absolute atomic E-state index is 0.105. The van der Waals surface area contributed by atoms with E-state index in [1.807, 2.05) is 32.9 Å². The smallest absolute Gasteiger partial charge is 0.262 e. The van der Waals surface area contributed by atoms with Gasteiger partial charge in [-0.1, -0.05) is 15.9 Å². The predicted molar refractivity (Wildman–Crippen MR) is 107 cm³/mol. The number of fused-ring (bicyclic) bond motifs is 1. The number of anilines is 1. The van der Waals surface area contributed by atoms with Gasteiger partial charge in [-0.05, 0) is 50.6 Å². The fraction of sp³-hybridized carbons (Fsp3) is 0.222. The van der Waals surface area contributed by atoms with Crippen LogP contribution in [0.15, 0.2) is 28.7 Å². The molecule has 0 fully saturated rings. The maximum absolute atomic E-state index is 12.5. The average Bonchev–Trinajstić information content (AvgIpc) is 2.91. The second kappa shape index (κ2) is 7.51. The van der Waals surface area contributed by atoms with Crippen LogP contribution < -0.4 is 10.6 Å². The normalized spacial score (nSPS) is 10.8. The predicted octanol–water partition coefficient (Wildman–Crippen LogP) is 3.75. The van der Waals surface area contributed by atoms with Crippen LogP contribution in [0.5, 0.6) is 0 Å². The van der Waals surface area contributed by atoms with Gasteiger partial charge in [0.15, 0.2) is 0 Å². The van der Waals surface area contributed by atoms with E-state index in [9.17, 15) is 9.59 Å². The monoisotopic (exact) mass is 432 g/mol. The molecule has 0 saturated heterocycles. The fourth-order valence-electron chi connectivity index (χ4n) is 2.67. The third-order valence-corrected chi connectivity index (χ3v) is 5.54. The summed E-state index contributed by atoms with van der Waals surface area (Å²) >= 11 is 4.66. The van der Waals surface area contributed by atoms with E-state index in [1.54, 1.807) is 12.1 Å². The molecule has 1 aromatic carbocycles. The van der Waals surface area contributed by atoms with Gasteiger partial charge < -0.3 is 10.6 Å². The summed E-state index contributed by atoms with van der Waals surface area (Å²) in [6.07, 6.45) is 0. The van der Waals surface area contributed by atoms with Crippen molar-refractivity contribution in [2.45, 2.75) is 20.8 Å². The van der Waals surface area contributed by atoms with E-state index in [0.717, 1.165) is 25.9 Å². The Hall–Kier alpha value is -2.32. The summed E-state index contributed by atoms with van der Waals surface area (Å²) in [5, 5.41) is 6.32. The summed E-state index contributed by atoms with van der Waals surface area (Å²) < 4.78 is 0.928. The van der Waals surface area contributed by atoms with Gasteiger partial charge in [0.25, 0.3) is 5.91 Å². The van der Waals surface area contributed by atoms with Gasteiger partial charge in [0.05, 0.1) is 11.4 Å². The molecule has 0 aliphatic rings. The highest BCUT2D eigenvalue weighted by Gasteiger charge is 2.19. The van der Waals surface area contributed by atoms with Gasteiger partial charge in [-0.2, -0.15) is 0 Å². The lowest BCUT2D eigenvalue weighted by molar-refractivity contribution is -0.115.